The molecule has 0 unspecified atom stereocenters. The number of anilines is 2. The van der Waals surface area contributed by atoms with Crippen LogP contribution in [0.5, 0.6) is 23.0 Å². The largest absolute Gasteiger partial charge is 0.504 e. The lowest BCUT2D eigenvalue weighted by molar-refractivity contribution is 0.403. The van der Waals surface area contributed by atoms with Crippen LogP contribution in [0.4, 0.5) is 11.6 Å². The Kier molecular flexibility index (Phi) is 5.66. The summed E-state index contributed by atoms with van der Waals surface area (Å²) in [7, 11) is 0. The summed E-state index contributed by atoms with van der Waals surface area (Å²) in [6.45, 7) is 0. The van der Waals surface area contributed by atoms with E-state index in [1.165, 1.54) is 36.7 Å². The summed E-state index contributed by atoms with van der Waals surface area (Å²) >= 11 is 0. The average Bonchev–Trinajstić information content (AvgIpc) is 2.79. The minimum atomic E-state index is -0.238. The first-order chi connectivity index (χ1) is 15.5. The molecule has 3 aromatic carbocycles. The van der Waals surface area contributed by atoms with Gasteiger partial charge in [-0.15, -0.1) is 10.2 Å². The van der Waals surface area contributed by atoms with Gasteiger partial charge in [-0.2, -0.15) is 10.2 Å². The second-order valence-electron chi connectivity index (χ2n) is 6.68. The minimum Gasteiger partial charge on any atom is -0.504 e. The number of aromatic nitrogens is 2. The zero-order valence-corrected chi connectivity index (χ0v) is 16.5. The highest BCUT2D eigenvalue weighted by atomic mass is 16.3. The Morgan fingerprint density at radius 3 is 1.44 bits per heavy atom. The number of hydrazone groups is 2. The van der Waals surface area contributed by atoms with E-state index in [4.69, 9.17) is 0 Å². The normalized spacial score (nSPS) is 11.4. The van der Waals surface area contributed by atoms with Crippen LogP contribution >= 0.6 is 0 Å². The van der Waals surface area contributed by atoms with Crippen molar-refractivity contribution in [2.75, 3.05) is 10.9 Å². The number of fused-ring (bicyclic) bond motifs is 1. The molecule has 0 aliphatic heterocycles. The zero-order chi connectivity index (χ0) is 22.5. The van der Waals surface area contributed by atoms with Crippen LogP contribution in [0.15, 0.2) is 70.9 Å². The van der Waals surface area contributed by atoms with Gasteiger partial charge >= 0.3 is 0 Å². The zero-order valence-electron chi connectivity index (χ0n) is 16.5. The molecule has 0 bridgehead atoms. The van der Waals surface area contributed by atoms with Crippen molar-refractivity contribution in [2.45, 2.75) is 0 Å². The summed E-state index contributed by atoms with van der Waals surface area (Å²) in [5.74, 6) is -0.0640. The number of benzene rings is 3. The quantitative estimate of drug-likeness (QED) is 0.155. The van der Waals surface area contributed by atoms with Crippen LogP contribution in [0.25, 0.3) is 10.8 Å². The number of rotatable bonds is 6. The molecule has 6 N–H and O–H groups in total. The second-order valence-corrected chi connectivity index (χ2v) is 6.68. The van der Waals surface area contributed by atoms with Crippen LogP contribution in [-0.2, 0) is 0 Å². The van der Waals surface area contributed by atoms with Gasteiger partial charge in [-0.05, 0) is 47.5 Å². The Balaban J connectivity index is 1.53. The lowest BCUT2D eigenvalue weighted by atomic mass is 10.2. The van der Waals surface area contributed by atoms with Gasteiger partial charge in [-0.25, -0.2) is 0 Å². The van der Waals surface area contributed by atoms with Crippen molar-refractivity contribution in [1.82, 2.24) is 10.2 Å². The fourth-order valence-electron chi connectivity index (χ4n) is 2.85. The molecule has 4 rings (SSSR count). The van der Waals surface area contributed by atoms with Crippen molar-refractivity contribution in [1.29, 1.82) is 0 Å². The van der Waals surface area contributed by atoms with Crippen molar-refractivity contribution < 1.29 is 20.4 Å². The van der Waals surface area contributed by atoms with E-state index in [-0.39, 0.29) is 23.0 Å². The first-order valence-electron chi connectivity index (χ1n) is 9.39. The fourth-order valence-corrected chi connectivity index (χ4v) is 2.85. The summed E-state index contributed by atoms with van der Waals surface area (Å²) in [5.41, 5.74) is 6.81. The fraction of sp³-hybridized carbons (Fsp3) is 0. The van der Waals surface area contributed by atoms with E-state index < -0.39 is 0 Å². The number of hydrogen-bond donors (Lipinski definition) is 6. The Bertz CT molecular complexity index is 1240. The SMILES string of the molecule is Oc1ccc(/C=N\Nc2nnc(N/N=C\c3ccc(O)c(O)c3)c3ccccc23)cc1O. The van der Waals surface area contributed by atoms with Gasteiger partial charge in [0.2, 0.25) is 0 Å². The highest BCUT2D eigenvalue weighted by Crippen LogP contribution is 2.27. The van der Waals surface area contributed by atoms with Crippen LogP contribution in [-0.4, -0.2) is 43.1 Å². The maximum atomic E-state index is 9.56. The van der Waals surface area contributed by atoms with Crippen LogP contribution in [0, 0.1) is 0 Å². The van der Waals surface area contributed by atoms with Crippen LogP contribution in [0.2, 0.25) is 0 Å². The van der Waals surface area contributed by atoms with Crippen molar-refractivity contribution >= 4 is 34.8 Å². The van der Waals surface area contributed by atoms with Crippen molar-refractivity contribution in [2.24, 2.45) is 10.2 Å². The number of phenols is 4. The molecule has 32 heavy (non-hydrogen) atoms. The van der Waals surface area contributed by atoms with E-state index in [9.17, 15) is 20.4 Å². The van der Waals surface area contributed by atoms with Gasteiger partial charge in [0, 0.05) is 10.8 Å². The molecule has 0 fully saturated rings. The molecule has 0 radical (unpaired) electrons. The Labute approximate surface area is 181 Å². The van der Waals surface area contributed by atoms with E-state index in [0.717, 1.165) is 10.8 Å². The van der Waals surface area contributed by atoms with Crippen molar-refractivity contribution in [3.63, 3.8) is 0 Å². The van der Waals surface area contributed by atoms with Gasteiger partial charge in [0.15, 0.2) is 34.6 Å². The average molecular weight is 430 g/mol. The number of phenolic OH excluding ortho intramolecular Hbond substituents is 4. The monoisotopic (exact) mass is 430 g/mol. The van der Waals surface area contributed by atoms with Gasteiger partial charge in [0.1, 0.15) is 0 Å². The smallest absolute Gasteiger partial charge is 0.176 e. The first kappa shape index (κ1) is 20.4. The second kappa shape index (κ2) is 8.88. The Morgan fingerprint density at radius 1 is 0.594 bits per heavy atom. The molecule has 1 heterocycles. The molecular weight excluding hydrogens is 412 g/mol. The lowest BCUT2D eigenvalue weighted by Gasteiger charge is -2.08. The highest BCUT2D eigenvalue weighted by molar-refractivity contribution is 5.98. The van der Waals surface area contributed by atoms with Crippen molar-refractivity contribution in [3.8, 4) is 23.0 Å². The van der Waals surface area contributed by atoms with Crippen LogP contribution in [0.1, 0.15) is 11.1 Å². The van der Waals surface area contributed by atoms with Crippen LogP contribution < -0.4 is 10.9 Å². The molecule has 0 amide bonds. The van der Waals surface area contributed by atoms with Gasteiger partial charge in [-0.3, -0.25) is 10.9 Å². The standard InChI is InChI=1S/C22H18N6O4/c29-17-7-5-13(9-19(17)31)11-23-25-21-15-3-1-2-4-16(15)22(28-27-21)26-24-12-14-6-8-18(30)20(32)10-14/h1-12,29-32H,(H,25,27)(H,26,28)/b23-11-,24-12-. The maximum absolute atomic E-state index is 9.56. The molecule has 0 saturated carbocycles. The van der Waals surface area contributed by atoms with E-state index in [1.54, 1.807) is 12.1 Å². The summed E-state index contributed by atoms with van der Waals surface area (Å²) in [6, 6.07) is 16.1. The topological polar surface area (TPSA) is 155 Å². The summed E-state index contributed by atoms with van der Waals surface area (Å²) < 4.78 is 0. The van der Waals surface area contributed by atoms with E-state index in [2.05, 4.69) is 31.3 Å². The molecule has 0 saturated heterocycles. The minimum absolute atomic E-state index is 0.208. The number of nitrogens with one attached hydrogen (secondary N) is 2. The number of nitrogens with zero attached hydrogens (tertiary/aromatic N) is 4. The van der Waals surface area contributed by atoms with Gasteiger partial charge in [0.25, 0.3) is 0 Å². The predicted molar refractivity (Wildman–Crippen MR) is 122 cm³/mol. The molecule has 4 aromatic rings. The lowest BCUT2D eigenvalue weighted by Crippen LogP contribution is -2.01. The predicted octanol–water partition coefficient (Wildman–Crippen LogP) is 3.34. The molecule has 0 spiro atoms. The molecule has 10 heteroatoms. The highest BCUT2D eigenvalue weighted by Gasteiger charge is 2.08. The summed E-state index contributed by atoms with van der Waals surface area (Å²) in [6.07, 6.45) is 2.94. The third-order valence-corrected chi connectivity index (χ3v) is 4.45. The van der Waals surface area contributed by atoms with E-state index in [1.807, 2.05) is 24.3 Å². The van der Waals surface area contributed by atoms with Crippen LogP contribution in [0.3, 0.4) is 0 Å². The summed E-state index contributed by atoms with van der Waals surface area (Å²) in [5, 5.41) is 55.9. The molecule has 160 valence electrons. The summed E-state index contributed by atoms with van der Waals surface area (Å²) in [4.78, 5) is 0. The first-order valence-corrected chi connectivity index (χ1v) is 9.39. The molecular formula is C22H18N6O4. The maximum Gasteiger partial charge on any atom is 0.176 e. The third kappa shape index (κ3) is 4.49. The van der Waals surface area contributed by atoms with Gasteiger partial charge < -0.3 is 20.4 Å². The Morgan fingerprint density at radius 2 is 1.03 bits per heavy atom. The van der Waals surface area contributed by atoms with E-state index >= 15 is 0 Å². The number of hydrogen-bond acceptors (Lipinski definition) is 10. The Hall–Kier alpha value is -4.86. The van der Waals surface area contributed by atoms with Gasteiger partial charge in [0.05, 0.1) is 12.4 Å². The third-order valence-electron chi connectivity index (χ3n) is 4.45. The molecule has 0 aliphatic rings. The molecule has 0 atom stereocenters. The number of aromatic hydroxyl groups is 4. The van der Waals surface area contributed by atoms with E-state index in [0.29, 0.717) is 22.8 Å². The molecule has 10 nitrogen and oxygen atoms in total. The van der Waals surface area contributed by atoms with Crippen molar-refractivity contribution in [3.05, 3.63) is 71.8 Å². The molecule has 1 aromatic heterocycles. The molecule has 0 aliphatic carbocycles. The van der Waals surface area contributed by atoms with Gasteiger partial charge in [-0.1, -0.05) is 24.3 Å².